The van der Waals surface area contributed by atoms with Gasteiger partial charge in [-0.05, 0) is 56.0 Å². The number of nitrogens with one attached hydrogen (secondary N) is 2. The van der Waals surface area contributed by atoms with Gasteiger partial charge in [-0.25, -0.2) is 0 Å². The first kappa shape index (κ1) is 16.8. The molecule has 2 atom stereocenters. The van der Waals surface area contributed by atoms with Crippen LogP contribution < -0.4 is 20.3 Å². The van der Waals surface area contributed by atoms with Crippen LogP contribution in [0.1, 0.15) is 26.2 Å². The molecular formula is C18H25N3O3. The largest absolute Gasteiger partial charge is 0.482 e. The van der Waals surface area contributed by atoms with Crippen molar-refractivity contribution < 1.29 is 14.3 Å². The Morgan fingerprint density at radius 2 is 2.33 bits per heavy atom. The molecule has 1 saturated heterocycles. The van der Waals surface area contributed by atoms with Crippen LogP contribution in [0.5, 0.6) is 5.75 Å². The number of rotatable bonds is 4. The summed E-state index contributed by atoms with van der Waals surface area (Å²) in [5, 5.41) is 6.34. The molecule has 0 aromatic heterocycles. The standard InChI is InChI=1S/C18H25N3O3/c1-12(13-4-3-7-19-10-13)8-17(22)20-14-5-6-16-15(9-14)21(2)18(23)11-24-16/h5-6,9,12-13,19H,3-4,7-8,10-11H2,1-2H3,(H,20,22). The average molecular weight is 331 g/mol. The minimum atomic E-state index is -0.0932. The van der Waals surface area contributed by atoms with Gasteiger partial charge in [0, 0.05) is 19.2 Å². The van der Waals surface area contributed by atoms with E-state index < -0.39 is 0 Å². The summed E-state index contributed by atoms with van der Waals surface area (Å²) >= 11 is 0. The van der Waals surface area contributed by atoms with E-state index >= 15 is 0 Å². The van der Waals surface area contributed by atoms with E-state index in [0.29, 0.717) is 35.4 Å². The number of nitrogens with zero attached hydrogens (tertiary/aromatic N) is 1. The van der Waals surface area contributed by atoms with E-state index in [0.717, 1.165) is 13.1 Å². The molecule has 3 rings (SSSR count). The van der Waals surface area contributed by atoms with Gasteiger partial charge in [-0.15, -0.1) is 0 Å². The molecule has 0 spiro atoms. The molecule has 2 unspecified atom stereocenters. The number of hydrogen-bond donors (Lipinski definition) is 2. The zero-order chi connectivity index (χ0) is 17.1. The normalized spacial score (nSPS) is 21.7. The number of benzene rings is 1. The van der Waals surface area contributed by atoms with Gasteiger partial charge < -0.3 is 20.3 Å². The smallest absolute Gasteiger partial charge is 0.264 e. The predicted octanol–water partition coefficient (Wildman–Crippen LogP) is 2.01. The Hall–Kier alpha value is -2.08. The first-order valence-corrected chi connectivity index (χ1v) is 8.58. The van der Waals surface area contributed by atoms with Gasteiger partial charge in [-0.3, -0.25) is 9.59 Å². The molecule has 2 aliphatic heterocycles. The molecule has 2 aliphatic rings. The third-order valence-electron chi connectivity index (χ3n) is 4.98. The maximum atomic E-state index is 12.3. The van der Waals surface area contributed by atoms with Crippen LogP contribution in [0, 0.1) is 11.8 Å². The molecule has 1 aromatic carbocycles. The van der Waals surface area contributed by atoms with Gasteiger partial charge >= 0.3 is 0 Å². The van der Waals surface area contributed by atoms with Gasteiger partial charge in [-0.2, -0.15) is 0 Å². The van der Waals surface area contributed by atoms with Crippen LogP contribution >= 0.6 is 0 Å². The molecule has 1 fully saturated rings. The topological polar surface area (TPSA) is 70.7 Å². The van der Waals surface area contributed by atoms with Crippen molar-refractivity contribution in [2.24, 2.45) is 11.8 Å². The van der Waals surface area contributed by atoms with E-state index in [1.165, 1.54) is 12.8 Å². The molecular weight excluding hydrogens is 306 g/mol. The van der Waals surface area contributed by atoms with E-state index in [-0.39, 0.29) is 18.4 Å². The summed E-state index contributed by atoms with van der Waals surface area (Å²) in [5.74, 6) is 1.49. The quantitative estimate of drug-likeness (QED) is 0.885. The van der Waals surface area contributed by atoms with Crippen LogP contribution in [0.4, 0.5) is 11.4 Å². The first-order chi connectivity index (χ1) is 11.5. The van der Waals surface area contributed by atoms with Crippen molar-refractivity contribution in [1.82, 2.24) is 5.32 Å². The SMILES string of the molecule is CC(CC(=O)Nc1ccc2c(c1)N(C)C(=O)CO2)C1CCCNC1. The minimum Gasteiger partial charge on any atom is -0.482 e. The lowest BCUT2D eigenvalue weighted by Crippen LogP contribution is -2.35. The van der Waals surface area contributed by atoms with Crippen LogP contribution in [0.25, 0.3) is 0 Å². The molecule has 0 aliphatic carbocycles. The van der Waals surface area contributed by atoms with Gasteiger partial charge in [0.25, 0.3) is 5.91 Å². The number of anilines is 2. The molecule has 2 heterocycles. The predicted molar refractivity (Wildman–Crippen MR) is 93.4 cm³/mol. The number of carbonyl (C=O) groups excluding carboxylic acids is 2. The molecule has 0 saturated carbocycles. The lowest BCUT2D eigenvalue weighted by molar-refractivity contribution is -0.121. The highest BCUT2D eigenvalue weighted by atomic mass is 16.5. The number of fused-ring (bicyclic) bond motifs is 1. The fourth-order valence-electron chi connectivity index (χ4n) is 3.39. The third-order valence-corrected chi connectivity index (χ3v) is 4.98. The molecule has 2 amide bonds. The summed E-state index contributed by atoms with van der Waals surface area (Å²) in [6.45, 7) is 4.28. The van der Waals surface area contributed by atoms with E-state index in [4.69, 9.17) is 4.74 Å². The Morgan fingerprint density at radius 3 is 3.08 bits per heavy atom. The van der Waals surface area contributed by atoms with E-state index in [1.54, 1.807) is 24.1 Å². The molecule has 24 heavy (non-hydrogen) atoms. The lowest BCUT2D eigenvalue weighted by atomic mass is 9.85. The Morgan fingerprint density at radius 1 is 1.50 bits per heavy atom. The maximum Gasteiger partial charge on any atom is 0.264 e. The summed E-state index contributed by atoms with van der Waals surface area (Å²) in [6, 6.07) is 5.40. The van der Waals surface area contributed by atoms with E-state index in [9.17, 15) is 9.59 Å². The highest BCUT2D eigenvalue weighted by molar-refractivity contribution is 5.99. The monoisotopic (exact) mass is 331 g/mol. The summed E-state index contributed by atoms with van der Waals surface area (Å²) in [4.78, 5) is 25.6. The Kier molecular flexibility index (Phi) is 5.04. The Labute approximate surface area is 142 Å². The first-order valence-electron chi connectivity index (χ1n) is 8.58. The van der Waals surface area contributed by atoms with Crippen LogP contribution in [0.2, 0.25) is 0 Å². The number of ether oxygens (including phenoxy) is 1. The second kappa shape index (κ2) is 7.21. The number of carbonyl (C=O) groups is 2. The average Bonchev–Trinajstić information content (AvgIpc) is 2.59. The zero-order valence-corrected chi connectivity index (χ0v) is 14.3. The molecule has 6 nitrogen and oxygen atoms in total. The fraction of sp³-hybridized carbons (Fsp3) is 0.556. The second-order valence-corrected chi connectivity index (χ2v) is 6.76. The van der Waals surface area contributed by atoms with Gasteiger partial charge in [0.15, 0.2) is 6.61 Å². The summed E-state index contributed by atoms with van der Waals surface area (Å²) in [6.07, 6.45) is 2.88. The van der Waals surface area contributed by atoms with Gasteiger partial charge in [-0.1, -0.05) is 6.92 Å². The van der Waals surface area contributed by atoms with Crippen molar-refractivity contribution in [2.45, 2.75) is 26.2 Å². The molecule has 6 heteroatoms. The Bertz CT molecular complexity index is 626. The number of amides is 2. The van der Waals surface area contributed by atoms with Crippen molar-refractivity contribution >= 4 is 23.2 Å². The maximum absolute atomic E-state index is 12.3. The molecule has 1 aromatic rings. The number of likely N-dealkylation sites (N-methyl/N-ethyl adjacent to an activating group) is 1. The van der Waals surface area contributed by atoms with Crippen molar-refractivity contribution in [1.29, 1.82) is 0 Å². The van der Waals surface area contributed by atoms with Gasteiger partial charge in [0.2, 0.25) is 5.91 Å². The van der Waals surface area contributed by atoms with Crippen molar-refractivity contribution in [3.63, 3.8) is 0 Å². The van der Waals surface area contributed by atoms with Crippen molar-refractivity contribution in [3.8, 4) is 5.75 Å². The summed E-state index contributed by atoms with van der Waals surface area (Å²) in [7, 11) is 1.72. The van der Waals surface area contributed by atoms with Crippen LogP contribution in [-0.4, -0.2) is 38.6 Å². The second-order valence-electron chi connectivity index (χ2n) is 6.76. The Balaban J connectivity index is 1.61. The number of hydrogen-bond acceptors (Lipinski definition) is 4. The molecule has 0 bridgehead atoms. The molecule has 0 radical (unpaired) electrons. The van der Waals surface area contributed by atoms with Crippen molar-refractivity contribution in [2.75, 3.05) is 37.0 Å². The van der Waals surface area contributed by atoms with Crippen molar-refractivity contribution in [3.05, 3.63) is 18.2 Å². The highest BCUT2D eigenvalue weighted by Gasteiger charge is 2.24. The number of piperidine rings is 1. The summed E-state index contributed by atoms with van der Waals surface area (Å²) < 4.78 is 5.40. The van der Waals surface area contributed by atoms with Gasteiger partial charge in [0.05, 0.1) is 5.69 Å². The summed E-state index contributed by atoms with van der Waals surface area (Å²) in [5.41, 5.74) is 1.38. The highest BCUT2D eigenvalue weighted by Crippen LogP contribution is 2.33. The van der Waals surface area contributed by atoms with Crippen LogP contribution in [-0.2, 0) is 9.59 Å². The van der Waals surface area contributed by atoms with E-state index in [1.807, 2.05) is 6.07 Å². The van der Waals surface area contributed by atoms with Gasteiger partial charge in [0.1, 0.15) is 5.75 Å². The minimum absolute atomic E-state index is 0.0127. The fourth-order valence-corrected chi connectivity index (χ4v) is 3.39. The van der Waals surface area contributed by atoms with Crippen LogP contribution in [0.3, 0.4) is 0 Å². The van der Waals surface area contributed by atoms with Crippen LogP contribution in [0.15, 0.2) is 18.2 Å². The molecule has 130 valence electrons. The molecule has 2 N–H and O–H groups in total. The van der Waals surface area contributed by atoms with E-state index in [2.05, 4.69) is 17.6 Å². The third kappa shape index (κ3) is 3.70. The zero-order valence-electron chi connectivity index (χ0n) is 14.3. The lowest BCUT2D eigenvalue weighted by Gasteiger charge is -2.28.